The highest BCUT2D eigenvalue weighted by Crippen LogP contribution is 2.02. The van der Waals surface area contributed by atoms with Gasteiger partial charge in [0.15, 0.2) is 0 Å². The summed E-state index contributed by atoms with van der Waals surface area (Å²) in [6, 6.07) is -1.00. The minimum atomic E-state index is -1.00. The summed E-state index contributed by atoms with van der Waals surface area (Å²) >= 11 is 0. The lowest BCUT2D eigenvalue weighted by atomic mass is 10.1. The summed E-state index contributed by atoms with van der Waals surface area (Å²) in [5.41, 5.74) is 8.26. The third-order valence-corrected chi connectivity index (χ3v) is 2.74. The lowest BCUT2D eigenvalue weighted by Gasteiger charge is -2.19. The van der Waals surface area contributed by atoms with Crippen molar-refractivity contribution >= 4 is 23.9 Å². The first-order valence-corrected chi connectivity index (χ1v) is 6.65. The van der Waals surface area contributed by atoms with Gasteiger partial charge in [-0.2, -0.15) is 4.79 Å². The van der Waals surface area contributed by atoms with Crippen molar-refractivity contribution in [2.45, 2.75) is 31.9 Å². The molecular formula is C13H21N3O6. The average Bonchev–Trinajstić information content (AvgIpc) is 2.50. The molecule has 0 spiro atoms. The molecule has 0 saturated carbocycles. The Balaban J connectivity index is 4.67. The SMILES string of the molecule is COCCOC(=O)[C@H](CCC(=O)C=[N+]=[N-])NC(=O)[C@H](C)OC. The summed E-state index contributed by atoms with van der Waals surface area (Å²) < 4.78 is 14.5. The largest absolute Gasteiger partial charge is 0.462 e. The van der Waals surface area contributed by atoms with Crippen molar-refractivity contribution in [3.05, 3.63) is 5.53 Å². The second-order valence-corrected chi connectivity index (χ2v) is 4.35. The van der Waals surface area contributed by atoms with Crippen LogP contribution in [-0.4, -0.2) is 68.2 Å². The molecule has 0 unspecified atom stereocenters. The molecule has 0 radical (unpaired) electrons. The number of ether oxygens (including phenoxy) is 3. The van der Waals surface area contributed by atoms with Crippen LogP contribution in [0.4, 0.5) is 0 Å². The molecule has 0 aromatic heterocycles. The molecule has 0 heterocycles. The van der Waals surface area contributed by atoms with Gasteiger partial charge in [-0.3, -0.25) is 9.59 Å². The van der Waals surface area contributed by atoms with Crippen molar-refractivity contribution in [1.29, 1.82) is 0 Å². The Kier molecular flexibility index (Phi) is 10.5. The number of carbonyl (C=O) groups is 3. The molecule has 0 aromatic carbocycles. The number of ketones is 1. The molecule has 1 N–H and O–H groups in total. The monoisotopic (exact) mass is 315 g/mol. The Bertz CT molecular complexity index is 433. The third-order valence-electron chi connectivity index (χ3n) is 2.74. The molecule has 0 bridgehead atoms. The van der Waals surface area contributed by atoms with E-state index in [9.17, 15) is 14.4 Å². The predicted molar refractivity (Wildman–Crippen MR) is 75.2 cm³/mol. The van der Waals surface area contributed by atoms with Crippen molar-refractivity contribution in [1.82, 2.24) is 5.32 Å². The molecule has 1 amide bonds. The van der Waals surface area contributed by atoms with Crippen LogP contribution in [0.3, 0.4) is 0 Å². The zero-order valence-corrected chi connectivity index (χ0v) is 12.9. The van der Waals surface area contributed by atoms with Gasteiger partial charge in [-0.1, -0.05) is 0 Å². The average molecular weight is 315 g/mol. The van der Waals surface area contributed by atoms with Gasteiger partial charge in [-0.05, 0) is 13.3 Å². The van der Waals surface area contributed by atoms with E-state index in [0.717, 1.165) is 6.21 Å². The number of rotatable bonds is 11. The molecule has 0 aromatic rings. The van der Waals surface area contributed by atoms with Crippen LogP contribution < -0.4 is 5.32 Å². The Hall–Kier alpha value is -2.09. The number of Topliss-reactive ketones (excluding diaryl/α,β-unsaturated/α-hetero) is 1. The molecule has 0 saturated heterocycles. The molecule has 0 aliphatic carbocycles. The number of methoxy groups -OCH3 is 2. The van der Waals surface area contributed by atoms with Crippen molar-refractivity contribution in [3.8, 4) is 0 Å². The van der Waals surface area contributed by atoms with Gasteiger partial charge in [0.25, 0.3) is 0 Å². The second-order valence-electron chi connectivity index (χ2n) is 4.35. The summed E-state index contributed by atoms with van der Waals surface area (Å²) in [5, 5.41) is 2.45. The quantitative estimate of drug-likeness (QED) is 0.177. The van der Waals surface area contributed by atoms with Crippen molar-refractivity contribution < 1.29 is 33.4 Å². The Morgan fingerprint density at radius 1 is 1.27 bits per heavy atom. The topological polar surface area (TPSA) is 127 Å². The van der Waals surface area contributed by atoms with E-state index in [2.05, 4.69) is 10.1 Å². The van der Waals surface area contributed by atoms with Crippen molar-refractivity contribution in [3.63, 3.8) is 0 Å². The van der Waals surface area contributed by atoms with Crippen molar-refractivity contribution in [2.75, 3.05) is 27.4 Å². The Morgan fingerprint density at radius 2 is 1.95 bits per heavy atom. The number of nitrogens with one attached hydrogen (secondary N) is 1. The number of nitrogens with zero attached hydrogens (tertiary/aromatic N) is 2. The first-order valence-electron chi connectivity index (χ1n) is 6.65. The van der Waals surface area contributed by atoms with Gasteiger partial charge < -0.3 is 25.1 Å². The van der Waals surface area contributed by atoms with E-state index < -0.39 is 29.8 Å². The first kappa shape index (κ1) is 19.9. The lowest BCUT2D eigenvalue weighted by molar-refractivity contribution is -0.150. The van der Waals surface area contributed by atoms with Crippen LogP contribution in [-0.2, 0) is 28.6 Å². The zero-order valence-electron chi connectivity index (χ0n) is 12.9. The Morgan fingerprint density at radius 3 is 2.50 bits per heavy atom. The molecule has 0 aliphatic rings. The van der Waals surface area contributed by atoms with E-state index in [4.69, 9.17) is 19.7 Å². The van der Waals surface area contributed by atoms with E-state index in [-0.39, 0.29) is 26.1 Å². The van der Waals surface area contributed by atoms with Crippen LogP contribution in [0.5, 0.6) is 0 Å². The molecular weight excluding hydrogens is 294 g/mol. The van der Waals surface area contributed by atoms with E-state index in [1.807, 2.05) is 0 Å². The standard InChI is InChI=1S/C13H21N3O6/c1-9(21-3)12(18)16-11(5-4-10(17)8-15-14)13(19)22-7-6-20-2/h8-9,11H,4-7H2,1-3H3,(H,16,18)/t9-,11-/m0/s1. The van der Waals surface area contributed by atoms with Crippen LogP contribution in [0.25, 0.3) is 5.53 Å². The van der Waals surface area contributed by atoms with E-state index >= 15 is 0 Å². The van der Waals surface area contributed by atoms with Gasteiger partial charge in [0, 0.05) is 20.6 Å². The van der Waals surface area contributed by atoms with Crippen LogP contribution in [0.2, 0.25) is 0 Å². The Labute approximate surface area is 128 Å². The molecule has 22 heavy (non-hydrogen) atoms. The lowest BCUT2D eigenvalue weighted by Crippen LogP contribution is -2.46. The molecule has 124 valence electrons. The number of esters is 1. The van der Waals surface area contributed by atoms with E-state index in [0.29, 0.717) is 0 Å². The number of amides is 1. The highest BCUT2D eigenvalue weighted by molar-refractivity contribution is 6.25. The highest BCUT2D eigenvalue weighted by Gasteiger charge is 2.25. The fraction of sp³-hybridized carbons (Fsp3) is 0.692. The maximum atomic E-state index is 11.9. The summed E-state index contributed by atoms with van der Waals surface area (Å²) in [5.74, 6) is -1.66. The molecule has 0 rings (SSSR count). The minimum Gasteiger partial charge on any atom is -0.462 e. The fourth-order valence-electron chi connectivity index (χ4n) is 1.39. The van der Waals surface area contributed by atoms with Gasteiger partial charge in [0.05, 0.1) is 6.61 Å². The van der Waals surface area contributed by atoms with Gasteiger partial charge in [-0.15, -0.1) is 0 Å². The molecule has 0 fully saturated rings. The molecule has 9 nitrogen and oxygen atoms in total. The van der Waals surface area contributed by atoms with Gasteiger partial charge in [-0.25, -0.2) is 4.79 Å². The zero-order chi connectivity index (χ0) is 17.0. The maximum absolute atomic E-state index is 11.9. The normalized spacial score (nSPS) is 12.7. The van der Waals surface area contributed by atoms with E-state index in [1.165, 1.54) is 21.1 Å². The summed E-state index contributed by atoms with van der Waals surface area (Å²) in [6.45, 7) is 1.77. The fourth-order valence-corrected chi connectivity index (χ4v) is 1.39. The molecule has 2 atom stereocenters. The number of carbonyl (C=O) groups excluding carboxylic acids is 3. The van der Waals surface area contributed by atoms with Crippen LogP contribution in [0.15, 0.2) is 0 Å². The summed E-state index contributed by atoms with van der Waals surface area (Å²) in [4.78, 5) is 37.6. The van der Waals surface area contributed by atoms with Crippen molar-refractivity contribution in [2.24, 2.45) is 0 Å². The summed E-state index contributed by atoms with van der Waals surface area (Å²) in [6.07, 6.45) is -0.0920. The molecule has 9 heteroatoms. The third kappa shape index (κ3) is 8.25. The van der Waals surface area contributed by atoms with Gasteiger partial charge >= 0.3 is 12.2 Å². The van der Waals surface area contributed by atoms with Gasteiger partial charge in [0.2, 0.25) is 11.7 Å². The van der Waals surface area contributed by atoms with Gasteiger partial charge in [0.1, 0.15) is 18.8 Å². The first-order chi connectivity index (χ1) is 10.5. The smallest absolute Gasteiger partial charge is 0.328 e. The van der Waals surface area contributed by atoms with Crippen LogP contribution in [0.1, 0.15) is 19.8 Å². The van der Waals surface area contributed by atoms with Crippen LogP contribution >= 0.6 is 0 Å². The number of hydrogen-bond acceptors (Lipinski definition) is 6. The number of hydrogen-bond donors (Lipinski definition) is 1. The van der Waals surface area contributed by atoms with Crippen LogP contribution in [0, 0.1) is 0 Å². The summed E-state index contributed by atoms with van der Waals surface area (Å²) in [7, 11) is 2.82. The minimum absolute atomic E-state index is 0.0127. The highest BCUT2D eigenvalue weighted by atomic mass is 16.6. The predicted octanol–water partition coefficient (Wildman–Crippen LogP) is -0.654. The van der Waals surface area contributed by atoms with E-state index in [1.54, 1.807) is 0 Å². The second kappa shape index (κ2) is 11.6. The molecule has 0 aliphatic heterocycles. The maximum Gasteiger partial charge on any atom is 0.328 e.